The summed E-state index contributed by atoms with van der Waals surface area (Å²) in [5.74, 6) is 1.11. The molecule has 0 spiro atoms. The van der Waals surface area contributed by atoms with Gasteiger partial charge in [0.15, 0.2) is 0 Å². The van der Waals surface area contributed by atoms with E-state index in [1.54, 1.807) is 24.3 Å². The van der Waals surface area contributed by atoms with Gasteiger partial charge in [0.05, 0.1) is 11.1 Å². The van der Waals surface area contributed by atoms with Gasteiger partial charge in [-0.05, 0) is 51.2 Å². The van der Waals surface area contributed by atoms with Crippen molar-refractivity contribution in [1.82, 2.24) is 0 Å². The van der Waals surface area contributed by atoms with Gasteiger partial charge >= 0.3 is 0 Å². The van der Waals surface area contributed by atoms with Crippen LogP contribution in [0.15, 0.2) is 10.5 Å². The standard InChI is InChI=1S/C17H18N2O2S/c1-10-8-13(11(2)21-10)16(20)19-17-14(9-18)12-6-4-3-5-7-15(12)22-17/h8H,3-7H2,1-2H3,(H,19,20). The number of carbonyl (C=O) groups excluding carboxylic acids is 1. The van der Waals surface area contributed by atoms with Gasteiger partial charge in [0.1, 0.15) is 22.6 Å². The molecule has 2 aromatic rings. The van der Waals surface area contributed by atoms with Crippen LogP contribution in [0.25, 0.3) is 0 Å². The molecule has 0 bridgehead atoms. The number of rotatable bonds is 2. The Morgan fingerprint density at radius 3 is 2.77 bits per heavy atom. The fraction of sp³-hybridized carbons (Fsp3) is 0.412. The first-order valence-electron chi connectivity index (χ1n) is 7.53. The van der Waals surface area contributed by atoms with Crippen molar-refractivity contribution in [2.75, 3.05) is 5.32 Å². The number of hydrogen-bond acceptors (Lipinski definition) is 4. The number of amides is 1. The van der Waals surface area contributed by atoms with Gasteiger partial charge in [-0.25, -0.2) is 0 Å². The van der Waals surface area contributed by atoms with E-state index in [0.717, 1.165) is 31.2 Å². The number of aryl methyl sites for hydroxylation is 3. The first kappa shape index (κ1) is 14.9. The van der Waals surface area contributed by atoms with Gasteiger partial charge < -0.3 is 9.73 Å². The second-order valence-electron chi connectivity index (χ2n) is 5.66. The van der Waals surface area contributed by atoms with Crippen molar-refractivity contribution in [3.8, 4) is 6.07 Å². The van der Waals surface area contributed by atoms with Gasteiger partial charge in [-0.2, -0.15) is 5.26 Å². The highest BCUT2D eigenvalue weighted by molar-refractivity contribution is 7.16. The zero-order chi connectivity index (χ0) is 15.7. The maximum atomic E-state index is 12.4. The summed E-state index contributed by atoms with van der Waals surface area (Å²) in [7, 11) is 0. The molecule has 1 aliphatic rings. The molecule has 1 N–H and O–H groups in total. The third kappa shape index (κ3) is 2.67. The minimum absolute atomic E-state index is 0.206. The number of carbonyl (C=O) groups is 1. The number of hydrogen-bond donors (Lipinski definition) is 1. The molecule has 2 heterocycles. The number of anilines is 1. The molecule has 0 radical (unpaired) electrons. The molecule has 22 heavy (non-hydrogen) atoms. The molecule has 0 unspecified atom stereocenters. The number of thiophene rings is 1. The summed E-state index contributed by atoms with van der Waals surface area (Å²) in [5, 5.41) is 13.1. The van der Waals surface area contributed by atoms with Crippen molar-refractivity contribution < 1.29 is 9.21 Å². The van der Waals surface area contributed by atoms with Gasteiger partial charge in [0.2, 0.25) is 0 Å². The van der Waals surface area contributed by atoms with Crippen LogP contribution in [0.4, 0.5) is 5.00 Å². The van der Waals surface area contributed by atoms with E-state index in [-0.39, 0.29) is 5.91 Å². The molecule has 0 aromatic carbocycles. The van der Waals surface area contributed by atoms with Crippen LogP contribution >= 0.6 is 11.3 Å². The summed E-state index contributed by atoms with van der Waals surface area (Å²) in [6.45, 7) is 3.59. The SMILES string of the molecule is Cc1cc(C(=O)Nc2sc3c(c2C#N)CCCCC3)c(C)o1. The minimum Gasteiger partial charge on any atom is -0.466 e. The van der Waals surface area contributed by atoms with E-state index in [4.69, 9.17) is 4.42 Å². The molecule has 1 aliphatic carbocycles. The number of nitrogens with one attached hydrogen (secondary N) is 1. The van der Waals surface area contributed by atoms with Crippen LogP contribution in [0.3, 0.4) is 0 Å². The van der Waals surface area contributed by atoms with Crippen LogP contribution in [0.1, 0.15) is 57.1 Å². The summed E-state index contributed by atoms with van der Waals surface area (Å²) in [6, 6.07) is 4.01. The normalized spacial score (nSPS) is 14.0. The Morgan fingerprint density at radius 1 is 1.32 bits per heavy atom. The van der Waals surface area contributed by atoms with E-state index in [1.807, 2.05) is 6.92 Å². The van der Waals surface area contributed by atoms with Crippen LogP contribution < -0.4 is 5.32 Å². The lowest BCUT2D eigenvalue weighted by atomic mass is 10.1. The maximum Gasteiger partial charge on any atom is 0.259 e. The third-order valence-electron chi connectivity index (χ3n) is 4.05. The first-order chi connectivity index (χ1) is 10.6. The summed E-state index contributed by atoms with van der Waals surface area (Å²) in [4.78, 5) is 13.7. The number of nitriles is 1. The van der Waals surface area contributed by atoms with Crippen molar-refractivity contribution in [2.45, 2.75) is 46.0 Å². The zero-order valence-electron chi connectivity index (χ0n) is 12.8. The van der Waals surface area contributed by atoms with Crippen molar-refractivity contribution in [3.63, 3.8) is 0 Å². The van der Waals surface area contributed by atoms with E-state index in [0.29, 0.717) is 27.6 Å². The second kappa shape index (κ2) is 5.98. The van der Waals surface area contributed by atoms with Crippen LogP contribution in [0.5, 0.6) is 0 Å². The third-order valence-corrected chi connectivity index (χ3v) is 5.25. The highest BCUT2D eigenvalue weighted by atomic mass is 32.1. The van der Waals surface area contributed by atoms with E-state index < -0.39 is 0 Å². The summed E-state index contributed by atoms with van der Waals surface area (Å²) < 4.78 is 5.41. The molecular weight excluding hydrogens is 296 g/mol. The Balaban J connectivity index is 1.91. The molecule has 2 aromatic heterocycles. The molecule has 5 heteroatoms. The molecule has 3 rings (SSSR count). The van der Waals surface area contributed by atoms with Crippen LogP contribution in [0, 0.1) is 25.2 Å². The predicted molar refractivity (Wildman–Crippen MR) is 86.4 cm³/mol. The fourth-order valence-electron chi connectivity index (χ4n) is 2.98. The topological polar surface area (TPSA) is 66.0 Å². The van der Waals surface area contributed by atoms with Crippen molar-refractivity contribution in [3.05, 3.63) is 39.2 Å². The highest BCUT2D eigenvalue weighted by Gasteiger charge is 2.22. The molecule has 0 atom stereocenters. The molecule has 0 saturated carbocycles. The molecule has 4 nitrogen and oxygen atoms in total. The largest absolute Gasteiger partial charge is 0.466 e. The van der Waals surface area contributed by atoms with E-state index >= 15 is 0 Å². The van der Waals surface area contributed by atoms with Crippen LogP contribution in [-0.2, 0) is 12.8 Å². The Kier molecular flexibility index (Phi) is 4.04. The quantitative estimate of drug-likeness (QED) is 0.838. The molecule has 114 valence electrons. The van der Waals surface area contributed by atoms with E-state index in [1.165, 1.54) is 11.3 Å². The summed E-state index contributed by atoms with van der Waals surface area (Å²) >= 11 is 1.55. The molecule has 0 saturated heterocycles. The maximum absolute atomic E-state index is 12.4. The van der Waals surface area contributed by atoms with Gasteiger partial charge in [0.25, 0.3) is 5.91 Å². The van der Waals surface area contributed by atoms with Crippen molar-refractivity contribution in [2.24, 2.45) is 0 Å². The Morgan fingerprint density at radius 2 is 2.09 bits per heavy atom. The first-order valence-corrected chi connectivity index (χ1v) is 8.35. The summed E-state index contributed by atoms with van der Waals surface area (Å²) in [5.41, 5.74) is 2.32. The average Bonchev–Trinajstić information content (AvgIpc) is 2.88. The minimum atomic E-state index is -0.206. The zero-order valence-corrected chi connectivity index (χ0v) is 13.6. The Labute approximate surface area is 133 Å². The Hall–Kier alpha value is -2.06. The highest BCUT2D eigenvalue weighted by Crippen LogP contribution is 2.37. The van der Waals surface area contributed by atoms with Gasteiger partial charge in [-0.3, -0.25) is 4.79 Å². The van der Waals surface area contributed by atoms with Gasteiger partial charge in [0, 0.05) is 4.88 Å². The number of fused-ring (bicyclic) bond motifs is 1. The fourth-order valence-corrected chi connectivity index (χ4v) is 4.21. The lowest BCUT2D eigenvalue weighted by Crippen LogP contribution is -2.12. The monoisotopic (exact) mass is 314 g/mol. The average molecular weight is 314 g/mol. The molecular formula is C17H18N2O2S. The predicted octanol–water partition coefficient (Wildman–Crippen LogP) is 4.35. The second-order valence-corrected chi connectivity index (χ2v) is 6.77. The Bertz CT molecular complexity index is 764. The summed E-state index contributed by atoms with van der Waals surface area (Å²) in [6.07, 6.45) is 5.43. The van der Waals surface area contributed by atoms with Gasteiger partial charge in [-0.1, -0.05) is 6.42 Å². The van der Waals surface area contributed by atoms with Crippen LogP contribution in [-0.4, -0.2) is 5.91 Å². The van der Waals surface area contributed by atoms with Crippen molar-refractivity contribution in [1.29, 1.82) is 5.26 Å². The van der Waals surface area contributed by atoms with Crippen LogP contribution in [0.2, 0.25) is 0 Å². The smallest absolute Gasteiger partial charge is 0.259 e. The molecule has 0 aliphatic heterocycles. The lowest BCUT2D eigenvalue weighted by Gasteiger charge is -2.03. The molecule has 0 fully saturated rings. The number of nitrogens with zero attached hydrogens (tertiary/aromatic N) is 1. The molecule has 1 amide bonds. The van der Waals surface area contributed by atoms with E-state index in [9.17, 15) is 10.1 Å². The van der Waals surface area contributed by atoms with Crippen molar-refractivity contribution >= 4 is 22.2 Å². The number of furan rings is 1. The van der Waals surface area contributed by atoms with E-state index in [2.05, 4.69) is 11.4 Å². The van der Waals surface area contributed by atoms with Gasteiger partial charge in [-0.15, -0.1) is 11.3 Å². The lowest BCUT2D eigenvalue weighted by molar-refractivity contribution is 0.102.